The monoisotopic (exact) mass is 256 g/mol. The first-order valence-electron chi connectivity index (χ1n) is 6.37. The van der Waals surface area contributed by atoms with E-state index >= 15 is 0 Å². The molecule has 0 fully saturated rings. The molecular weight excluding hydrogens is 236 g/mol. The fraction of sp³-hybridized carbons (Fsp3) is 0.250. The van der Waals surface area contributed by atoms with E-state index in [4.69, 9.17) is 10.5 Å². The molecule has 1 atom stereocenters. The summed E-state index contributed by atoms with van der Waals surface area (Å²) in [5, 5.41) is 3.42. The van der Waals surface area contributed by atoms with E-state index in [0.29, 0.717) is 11.4 Å². The Morgan fingerprint density at radius 1 is 1.11 bits per heavy atom. The smallest absolute Gasteiger partial charge is 0.143 e. The Bertz CT molecular complexity index is 549. The van der Waals surface area contributed by atoms with Crippen LogP contribution in [0.2, 0.25) is 0 Å². The summed E-state index contributed by atoms with van der Waals surface area (Å²) in [6, 6.07) is 14.4. The molecule has 0 saturated heterocycles. The maximum absolute atomic E-state index is 6.06. The molecule has 100 valence electrons. The van der Waals surface area contributed by atoms with Crippen LogP contribution in [0.25, 0.3) is 0 Å². The van der Waals surface area contributed by atoms with Crippen LogP contribution in [0.3, 0.4) is 0 Å². The maximum Gasteiger partial charge on any atom is 0.143 e. The van der Waals surface area contributed by atoms with Gasteiger partial charge in [-0.05, 0) is 31.5 Å². The summed E-state index contributed by atoms with van der Waals surface area (Å²) in [6.45, 7) is 4.20. The van der Waals surface area contributed by atoms with E-state index in [2.05, 4.69) is 43.4 Å². The SMILES string of the molecule is COc1cccc(NC(C)c2ccc(C)cc2)c1N. The standard InChI is InChI=1S/C16H20N2O/c1-11-7-9-13(10-8-11)12(2)18-14-5-4-6-15(19-3)16(14)17/h4-10,12,18H,17H2,1-3H3. The normalized spacial score (nSPS) is 11.9. The number of nitrogen functional groups attached to an aromatic ring is 1. The highest BCUT2D eigenvalue weighted by Gasteiger charge is 2.09. The zero-order chi connectivity index (χ0) is 13.8. The molecule has 0 amide bonds. The second kappa shape index (κ2) is 5.65. The van der Waals surface area contributed by atoms with Crippen molar-refractivity contribution in [3.05, 3.63) is 53.6 Å². The van der Waals surface area contributed by atoms with Gasteiger partial charge in [0.15, 0.2) is 0 Å². The summed E-state index contributed by atoms with van der Waals surface area (Å²) in [4.78, 5) is 0. The predicted molar refractivity (Wildman–Crippen MR) is 80.6 cm³/mol. The van der Waals surface area contributed by atoms with Gasteiger partial charge in [0.05, 0.1) is 18.5 Å². The zero-order valence-electron chi connectivity index (χ0n) is 11.6. The number of nitrogens with two attached hydrogens (primary N) is 1. The first-order chi connectivity index (χ1) is 9.11. The van der Waals surface area contributed by atoms with Gasteiger partial charge in [0, 0.05) is 6.04 Å². The van der Waals surface area contributed by atoms with Crippen LogP contribution in [-0.2, 0) is 0 Å². The third-order valence-electron chi connectivity index (χ3n) is 3.24. The predicted octanol–water partition coefficient (Wildman–Crippen LogP) is 3.76. The third-order valence-corrected chi connectivity index (χ3v) is 3.24. The van der Waals surface area contributed by atoms with E-state index in [-0.39, 0.29) is 6.04 Å². The van der Waals surface area contributed by atoms with Crippen LogP contribution in [0.4, 0.5) is 11.4 Å². The molecule has 0 aliphatic rings. The van der Waals surface area contributed by atoms with Gasteiger partial charge in [0.2, 0.25) is 0 Å². The number of nitrogens with one attached hydrogen (secondary N) is 1. The van der Waals surface area contributed by atoms with E-state index < -0.39 is 0 Å². The van der Waals surface area contributed by atoms with Crippen LogP contribution in [0.5, 0.6) is 5.75 Å². The highest BCUT2D eigenvalue weighted by Crippen LogP contribution is 2.31. The van der Waals surface area contributed by atoms with Crippen LogP contribution in [0.1, 0.15) is 24.1 Å². The number of methoxy groups -OCH3 is 1. The summed E-state index contributed by atoms with van der Waals surface area (Å²) in [7, 11) is 1.62. The number of benzene rings is 2. The molecule has 0 radical (unpaired) electrons. The molecule has 1 unspecified atom stereocenters. The minimum Gasteiger partial charge on any atom is -0.495 e. The molecule has 2 aromatic carbocycles. The van der Waals surface area contributed by atoms with Gasteiger partial charge in [-0.2, -0.15) is 0 Å². The lowest BCUT2D eigenvalue weighted by Crippen LogP contribution is -2.08. The lowest BCUT2D eigenvalue weighted by molar-refractivity contribution is 0.417. The molecule has 19 heavy (non-hydrogen) atoms. The average molecular weight is 256 g/mol. The Labute approximate surface area is 114 Å². The average Bonchev–Trinajstić information content (AvgIpc) is 2.42. The number of hydrogen-bond donors (Lipinski definition) is 2. The van der Waals surface area contributed by atoms with Crippen molar-refractivity contribution >= 4 is 11.4 Å². The van der Waals surface area contributed by atoms with Crippen molar-refractivity contribution in [3.63, 3.8) is 0 Å². The molecule has 0 bridgehead atoms. The molecule has 0 aliphatic heterocycles. The van der Waals surface area contributed by atoms with E-state index in [0.717, 1.165) is 5.69 Å². The summed E-state index contributed by atoms with van der Waals surface area (Å²) in [5.41, 5.74) is 10.1. The summed E-state index contributed by atoms with van der Waals surface area (Å²) in [5.74, 6) is 0.695. The number of hydrogen-bond acceptors (Lipinski definition) is 3. The van der Waals surface area contributed by atoms with Gasteiger partial charge in [-0.1, -0.05) is 35.9 Å². The van der Waals surface area contributed by atoms with Crippen molar-refractivity contribution in [2.24, 2.45) is 0 Å². The number of ether oxygens (including phenoxy) is 1. The lowest BCUT2D eigenvalue weighted by atomic mass is 10.1. The van der Waals surface area contributed by atoms with E-state index in [1.165, 1.54) is 11.1 Å². The van der Waals surface area contributed by atoms with Crippen molar-refractivity contribution < 1.29 is 4.74 Å². The first kappa shape index (κ1) is 13.3. The van der Waals surface area contributed by atoms with Crippen molar-refractivity contribution in [2.45, 2.75) is 19.9 Å². The van der Waals surface area contributed by atoms with E-state index in [9.17, 15) is 0 Å². The molecule has 2 rings (SSSR count). The van der Waals surface area contributed by atoms with Crippen molar-refractivity contribution in [1.82, 2.24) is 0 Å². The van der Waals surface area contributed by atoms with Gasteiger partial charge in [0.25, 0.3) is 0 Å². The topological polar surface area (TPSA) is 47.3 Å². The molecule has 3 heteroatoms. The van der Waals surface area contributed by atoms with Gasteiger partial charge in [-0.25, -0.2) is 0 Å². The lowest BCUT2D eigenvalue weighted by Gasteiger charge is -2.18. The third kappa shape index (κ3) is 2.99. The van der Waals surface area contributed by atoms with E-state index in [1.54, 1.807) is 7.11 Å². The number of rotatable bonds is 4. The molecule has 0 aromatic heterocycles. The zero-order valence-corrected chi connectivity index (χ0v) is 11.6. The van der Waals surface area contributed by atoms with E-state index in [1.807, 2.05) is 18.2 Å². The largest absolute Gasteiger partial charge is 0.495 e. The first-order valence-corrected chi connectivity index (χ1v) is 6.37. The van der Waals surface area contributed by atoms with Crippen LogP contribution >= 0.6 is 0 Å². The van der Waals surface area contributed by atoms with Crippen LogP contribution < -0.4 is 15.8 Å². The molecule has 0 aliphatic carbocycles. The van der Waals surface area contributed by atoms with Crippen molar-refractivity contribution in [3.8, 4) is 5.75 Å². The molecule has 0 spiro atoms. The quantitative estimate of drug-likeness (QED) is 0.819. The summed E-state index contributed by atoms with van der Waals surface area (Å²) < 4.78 is 5.22. The fourth-order valence-electron chi connectivity index (χ4n) is 2.02. The Morgan fingerprint density at radius 3 is 2.42 bits per heavy atom. The van der Waals surface area contributed by atoms with Gasteiger partial charge in [-0.15, -0.1) is 0 Å². The molecule has 3 nitrogen and oxygen atoms in total. The fourth-order valence-corrected chi connectivity index (χ4v) is 2.02. The Kier molecular flexibility index (Phi) is 3.95. The van der Waals surface area contributed by atoms with Gasteiger partial charge in [-0.3, -0.25) is 0 Å². The number of anilines is 2. The van der Waals surface area contributed by atoms with Gasteiger partial charge in [0.1, 0.15) is 5.75 Å². The summed E-state index contributed by atoms with van der Waals surface area (Å²) >= 11 is 0. The van der Waals surface area contributed by atoms with Gasteiger partial charge >= 0.3 is 0 Å². The summed E-state index contributed by atoms with van der Waals surface area (Å²) in [6.07, 6.45) is 0. The van der Waals surface area contributed by atoms with Crippen LogP contribution in [-0.4, -0.2) is 7.11 Å². The number of aryl methyl sites for hydroxylation is 1. The number of para-hydroxylation sites is 1. The maximum atomic E-state index is 6.06. The van der Waals surface area contributed by atoms with Crippen LogP contribution in [0, 0.1) is 6.92 Å². The highest BCUT2D eigenvalue weighted by atomic mass is 16.5. The minimum absolute atomic E-state index is 0.190. The molecule has 2 aromatic rings. The second-order valence-electron chi connectivity index (χ2n) is 4.70. The molecule has 3 N–H and O–H groups in total. The van der Waals surface area contributed by atoms with Crippen molar-refractivity contribution in [2.75, 3.05) is 18.2 Å². The highest BCUT2D eigenvalue weighted by molar-refractivity contribution is 5.73. The molecular formula is C16H20N2O. The Hall–Kier alpha value is -2.16. The molecule has 0 heterocycles. The molecule has 0 saturated carbocycles. The van der Waals surface area contributed by atoms with Crippen LogP contribution in [0.15, 0.2) is 42.5 Å². The minimum atomic E-state index is 0.190. The van der Waals surface area contributed by atoms with Gasteiger partial charge < -0.3 is 15.8 Å². The van der Waals surface area contributed by atoms with Crippen molar-refractivity contribution in [1.29, 1.82) is 0 Å². The Morgan fingerprint density at radius 2 is 1.79 bits per heavy atom. The second-order valence-corrected chi connectivity index (χ2v) is 4.70. The Balaban J connectivity index is 2.19.